The number of hydrogen-bond acceptors (Lipinski definition) is 2. The van der Waals surface area contributed by atoms with Crippen molar-refractivity contribution < 1.29 is 13.0 Å². The van der Waals surface area contributed by atoms with Gasteiger partial charge in [-0.25, -0.2) is 0 Å². The zero-order valence-corrected chi connectivity index (χ0v) is 17.3. The number of benzene rings is 1. The topological polar surface area (TPSA) is 54.4 Å². The van der Waals surface area contributed by atoms with Crippen LogP contribution in [0.3, 0.4) is 0 Å². The van der Waals surface area contributed by atoms with E-state index >= 15 is 0 Å². The van der Waals surface area contributed by atoms with Crippen LogP contribution in [0.15, 0.2) is 74.4 Å². The van der Waals surface area contributed by atoms with Crippen LogP contribution in [0, 0.1) is 0 Å². The van der Waals surface area contributed by atoms with Gasteiger partial charge >= 0.3 is 0 Å². The van der Waals surface area contributed by atoms with Crippen molar-refractivity contribution in [3.63, 3.8) is 0 Å². The van der Waals surface area contributed by atoms with E-state index in [9.17, 15) is 13.0 Å². The van der Waals surface area contributed by atoms with Crippen LogP contribution in [0.5, 0.6) is 0 Å². The zero-order chi connectivity index (χ0) is 18.8. The normalized spacial score (nSPS) is 21.9. The van der Waals surface area contributed by atoms with E-state index in [-0.39, 0.29) is 10.8 Å². The van der Waals surface area contributed by atoms with Gasteiger partial charge in [-0.2, -0.15) is 8.42 Å². The van der Waals surface area contributed by atoms with Crippen LogP contribution in [-0.2, 0) is 10.1 Å². The van der Waals surface area contributed by atoms with Gasteiger partial charge in [-0.1, -0.05) is 66.4 Å². The van der Waals surface area contributed by atoms with E-state index in [1.807, 2.05) is 25.1 Å². The van der Waals surface area contributed by atoms with Crippen molar-refractivity contribution in [1.82, 2.24) is 0 Å². The summed E-state index contributed by atoms with van der Waals surface area (Å²) < 4.78 is 34.2. The van der Waals surface area contributed by atoms with Crippen molar-refractivity contribution in [2.75, 3.05) is 0 Å². The Morgan fingerprint density at radius 3 is 2.42 bits per heavy atom. The molecule has 4 rings (SSSR count). The molecule has 1 aromatic rings. The van der Waals surface area contributed by atoms with Crippen LogP contribution in [-0.4, -0.2) is 21.8 Å². The van der Waals surface area contributed by atoms with Crippen molar-refractivity contribution in [1.29, 1.82) is 0 Å². The molecule has 26 heavy (non-hydrogen) atoms. The number of fused-ring (bicyclic) bond motifs is 2. The van der Waals surface area contributed by atoms with Crippen molar-refractivity contribution in [3.8, 4) is 0 Å². The van der Waals surface area contributed by atoms with E-state index in [0.29, 0.717) is 11.1 Å². The molecule has 3 nitrogen and oxygen atoms in total. The van der Waals surface area contributed by atoms with Crippen molar-refractivity contribution in [3.05, 3.63) is 85.5 Å². The Kier molecular flexibility index (Phi) is 3.88. The van der Waals surface area contributed by atoms with Gasteiger partial charge in [0.2, 0.25) is 0 Å². The molecule has 134 valence electrons. The molecule has 5 heteroatoms. The second-order valence-corrected chi connectivity index (χ2v) is 11.8. The van der Waals surface area contributed by atoms with Crippen molar-refractivity contribution in [2.45, 2.75) is 32.9 Å². The number of hydrogen-bond donors (Lipinski definition) is 1. The maximum Gasteiger partial charge on any atom is 0.295 e. The van der Waals surface area contributed by atoms with Crippen LogP contribution in [0.25, 0.3) is 6.08 Å². The smallest absolute Gasteiger partial charge is 0.282 e. The van der Waals surface area contributed by atoms with Gasteiger partial charge in [0.1, 0.15) is 4.91 Å². The van der Waals surface area contributed by atoms with E-state index in [1.165, 1.54) is 21.9 Å². The minimum Gasteiger partial charge on any atom is -0.282 e. The van der Waals surface area contributed by atoms with Crippen LogP contribution in [0.4, 0.5) is 0 Å². The third-order valence-corrected chi connectivity index (χ3v) is 8.33. The molecule has 1 N–H and O–H groups in total. The van der Waals surface area contributed by atoms with E-state index in [4.69, 9.17) is 0 Å². The fourth-order valence-corrected chi connectivity index (χ4v) is 6.85. The Morgan fingerprint density at radius 1 is 1.08 bits per heavy atom. The first-order valence-corrected chi connectivity index (χ1v) is 13.2. The average Bonchev–Trinajstić information content (AvgIpc) is 3.16. The monoisotopic (exact) mass is 382 g/mol. The Bertz CT molecular complexity index is 1100. The lowest BCUT2D eigenvalue weighted by molar-refractivity contribution is 0.491. The SMILES string of the molecule is CC1=Cc2ccccc2C1C1=C2C(=CC=C2[SiH](C)C)C(S(=O)(=O)O)=C1C. The van der Waals surface area contributed by atoms with Gasteiger partial charge in [-0.3, -0.25) is 4.55 Å². The van der Waals surface area contributed by atoms with Crippen LogP contribution < -0.4 is 0 Å². The summed E-state index contributed by atoms with van der Waals surface area (Å²) in [6.45, 7) is 8.43. The molecule has 0 amide bonds. The third-order valence-electron chi connectivity index (χ3n) is 5.56. The zero-order valence-electron chi connectivity index (χ0n) is 15.4. The third kappa shape index (κ3) is 2.38. The fraction of sp³-hybridized carbons (Fsp3) is 0.238. The quantitative estimate of drug-likeness (QED) is 0.616. The second kappa shape index (κ2) is 5.77. The lowest BCUT2D eigenvalue weighted by Gasteiger charge is -2.21. The highest BCUT2D eigenvalue weighted by Gasteiger charge is 2.41. The average molecular weight is 383 g/mol. The van der Waals surface area contributed by atoms with Gasteiger partial charge in [0.25, 0.3) is 10.1 Å². The molecule has 0 radical (unpaired) electrons. The lowest BCUT2D eigenvalue weighted by Crippen LogP contribution is -2.11. The van der Waals surface area contributed by atoms with Crippen molar-refractivity contribution >= 4 is 25.0 Å². The Balaban J connectivity index is 2.01. The number of rotatable bonds is 3. The van der Waals surface area contributed by atoms with Crippen LogP contribution >= 0.6 is 0 Å². The molecule has 3 aliphatic carbocycles. The summed E-state index contributed by atoms with van der Waals surface area (Å²) in [6, 6.07) is 8.27. The molecule has 0 heterocycles. The molecular formula is C21H22O3SSi. The van der Waals surface area contributed by atoms with Gasteiger partial charge in [0, 0.05) is 11.5 Å². The number of allylic oxidation sites excluding steroid dienone is 8. The molecule has 3 aliphatic rings. The first kappa shape index (κ1) is 17.5. The predicted molar refractivity (Wildman–Crippen MR) is 109 cm³/mol. The summed E-state index contributed by atoms with van der Waals surface area (Å²) in [4.78, 5) is 0.0839. The minimum absolute atomic E-state index is 0.0399. The van der Waals surface area contributed by atoms with Gasteiger partial charge in [0.15, 0.2) is 0 Å². The maximum atomic E-state index is 12.2. The van der Waals surface area contributed by atoms with E-state index < -0.39 is 18.9 Å². The molecule has 0 fully saturated rings. The van der Waals surface area contributed by atoms with E-state index in [0.717, 1.165) is 11.1 Å². The largest absolute Gasteiger partial charge is 0.295 e. The second-order valence-electron chi connectivity index (χ2n) is 7.53. The van der Waals surface area contributed by atoms with Gasteiger partial charge < -0.3 is 0 Å². The summed E-state index contributed by atoms with van der Waals surface area (Å²) >= 11 is 0. The maximum absolute atomic E-state index is 12.2. The highest BCUT2D eigenvalue weighted by Crippen LogP contribution is 2.54. The highest BCUT2D eigenvalue weighted by molar-refractivity contribution is 7.90. The van der Waals surface area contributed by atoms with Gasteiger partial charge in [-0.05, 0) is 41.7 Å². The predicted octanol–water partition coefficient (Wildman–Crippen LogP) is 4.55. The molecule has 0 aromatic heterocycles. The molecule has 0 aliphatic heterocycles. The summed E-state index contributed by atoms with van der Waals surface area (Å²) in [7, 11) is -5.45. The Morgan fingerprint density at radius 2 is 1.77 bits per heavy atom. The summed E-state index contributed by atoms with van der Waals surface area (Å²) in [6.07, 6.45) is 6.11. The lowest BCUT2D eigenvalue weighted by atomic mass is 9.84. The first-order valence-electron chi connectivity index (χ1n) is 8.84. The summed E-state index contributed by atoms with van der Waals surface area (Å²) in [5.74, 6) is 0.0399. The van der Waals surface area contributed by atoms with E-state index in [1.54, 1.807) is 0 Å². The summed E-state index contributed by atoms with van der Waals surface area (Å²) in [5.41, 5.74) is 7.06. The Labute approximate surface area is 156 Å². The van der Waals surface area contributed by atoms with Crippen molar-refractivity contribution in [2.24, 2.45) is 0 Å². The Hall–Kier alpha value is -1.95. The molecule has 1 atom stereocenters. The molecule has 0 saturated carbocycles. The highest BCUT2D eigenvalue weighted by atomic mass is 32.2. The molecule has 0 bridgehead atoms. The first-order chi connectivity index (χ1) is 12.2. The standard InChI is InChI=1S/C21H22O3SSi/c1-12-11-14-7-5-6-8-15(14)18(12)19-13(2)21(25(22,23)24)16-9-10-17(20(16)19)26(3)4/h5-11,18,26H,1-4H3,(H,22,23,24). The molecule has 1 unspecified atom stereocenters. The van der Waals surface area contributed by atoms with Crippen LogP contribution in [0.2, 0.25) is 13.1 Å². The molecule has 0 spiro atoms. The van der Waals surface area contributed by atoms with Crippen LogP contribution in [0.1, 0.15) is 30.9 Å². The van der Waals surface area contributed by atoms with Gasteiger partial charge in [0.05, 0.1) is 8.80 Å². The van der Waals surface area contributed by atoms with Gasteiger partial charge in [-0.15, -0.1) is 0 Å². The fourth-order valence-electron chi connectivity index (χ4n) is 4.53. The summed E-state index contributed by atoms with van der Waals surface area (Å²) in [5, 5.41) is 1.27. The molecular weight excluding hydrogens is 360 g/mol. The molecule has 1 aromatic carbocycles. The minimum atomic E-state index is -4.28. The van der Waals surface area contributed by atoms with E-state index in [2.05, 4.69) is 44.3 Å². The molecule has 0 saturated heterocycles.